The number of anilines is 1. The number of fused-ring (bicyclic) bond motifs is 2. The lowest BCUT2D eigenvalue weighted by molar-refractivity contribution is -0.199. The number of carbonyl (C=O) groups excluding carboxylic acids is 3. The number of amides is 3. The summed E-state index contributed by atoms with van der Waals surface area (Å²) in [5.74, 6) is 6.84. The van der Waals surface area contributed by atoms with Crippen LogP contribution in [-0.4, -0.2) is 86.4 Å². The fourth-order valence-corrected chi connectivity index (χ4v) is 10.7. The molecule has 2 aromatic heterocycles. The Bertz CT molecular complexity index is 2570. The summed E-state index contributed by atoms with van der Waals surface area (Å²) >= 11 is 6.29. The summed E-state index contributed by atoms with van der Waals surface area (Å²) in [6, 6.07) is 16.2. The largest absolute Gasteiger partial charge is 0.489 e. The van der Waals surface area contributed by atoms with Gasteiger partial charge in [0.25, 0.3) is 11.5 Å². The summed E-state index contributed by atoms with van der Waals surface area (Å²) in [6.45, 7) is 12.5. The van der Waals surface area contributed by atoms with Gasteiger partial charge < -0.3 is 14.5 Å². The molecule has 1 unspecified atom stereocenters. The number of ether oxygens (including phenoxy) is 1. The zero-order valence-corrected chi connectivity index (χ0v) is 34.3. The molecular formula is C45H45ClN8O5. The van der Waals surface area contributed by atoms with Gasteiger partial charge in [-0.25, -0.2) is 9.97 Å². The summed E-state index contributed by atoms with van der Waals surface area (Å²) in [6.07, 6.45) is 3.71. The normalized spacial score (nSPS) is 25.9. The van der Waals surface area contributed by atoms with E-state index in [-0.39, 0.29) is 53.2 Å². The van der Waals surface area contributed by atoms with Crippen molar-refractivity contribution >= 4 is 45.9 Å². The SMILES string of the molecule is CC1(C)C(Oc2ccc(C#N)c(Cl)c2)C(C)(C)C1N1Cc2nc(C#CC3CC(N4CCN(c5ccc6c(=O)n(C7CCC(=O)NC7=O)cnc6c5)CC4)C3)ccc2C1=O. The predicted octanol–water partition coefficient (Wildman–Crippen LogP) is 5.08. The number of hydrogen-bond acceptors (Lipinski definition) is 10. The lowest BCUT2D eigenvalue weighted by Gasteiger charge is -2.65. The third-order valence-corrected chi connectivity index (χ3v) is 13.5. The van der Waals surface area contributed by atoms with Crippen LogP contribution in [-0.2, 0) is 16.1 Å². The number of rotatable bonds is 6. The molecule has 302 valence electrons. The van der Waals surface area contributed by atoms with Gasteiger partial charge in [-0.3, -0.25) is 34.0 Å². The van der Waals surface area contributed by atoms with Gasteiger partial charge in [0.1, 0.15) is 29.7 Å². The van der Waals surface area contributed by atoms with Crippen LogP contribution in [0, 0.1) is 39.9 Å². The summed E-state index contributed by atoms with van der Waals surface area (Å²) in [4.78, 5) is 67.2. The lowest BCUT2D eigenvalue weighted by atomic mass is 9.49. The Kier molecular flexibility index (Phi) is 9.52. The van der Waals surface area contributed by atoms with Crippen LogP contribution in [0.2, 0.25) is 5.02 Å². The molecule has 1 N–H and O–H groups in total. The van der Waals surface area contributed by atoms with Crippen LogP contribution in [0.25, 0.3) is 10.9 Å². The van der Waals surface area contributed by atoms with Crippen molar-refractivity contribution in [3.8, 4) is 23.7 Å². The van der Waals surface area contributed by atoms with Crippen molar-refractivity contribution in [2.75, 3.05) is 31.1 Å². The zero-order chi connectivity index (χ0) is 41.4. The third kappa shape index (κ3) is 6.70. The number of halogens is 1. The van der Waals surface area contributed by atoms with E-state index in [9.17, 15) is 24.4 Å². The van der Waals surface area contributed by atoms with Gasteiger partial charge >= 0.3 is 0 Å². The van der Waals surface area contributed by atoms with E-state index >= 15 is 0 Å². The van der Waals surface area contributed by atoms with E-state index in [0.717, 1.165) is 50.4 Å². The van der Waals surface area contributed by atoms with Crippen molar-refractivity contribution in [3.63, 3.8) is 0 Å². The number of carbonyl (C=O) groups is 3. The van der Waals surface area contributed by atoms with Crippen LogP contribution in [0.4, 0.5) is 5.69 Å². The smallest absolute Gasteiger partial charge is 0.261 e. The van der Waals surface area contributed by atoms with Crippen molar-refractivity contribution < 1.29 is 19.1 Å². The molecule has 4 aromatic rings. The molecule has 9 rings (SSSR count). The number of imide groups is 1. The van der Waals surface area contributed by atoms with Crippen LogP contribution in [0.15, 0.2) is 59.7 Å². The number of benzene rings is 2. The van der Waals surface area contributed by atoms with Crippen LogP contribution in [0.3, 0.4) is 0 Å². The number of piperazine rings is 1. The maximum absolute atomic E-state index is 13.8. The van der Waals surface area contributed by atoms with Crippen LogP contribution >= 0.6 is 11.6 Å². The monoisotopic (exact) mass is 812 g/mol. The van der Waals surface area contributed by atoms with E-state index in [1.54, 1.807) is 24.3 Å². The summed E-state index contributed by atoms with van der Waals surface area (Å²) < 4.78 is 7.80. The number of nitrogens with zero attached hydrogens (tertiary/aromatic N) is 7. The number of hydrogen-bond donors (Lipinski definition) is 1. The highest BCUT2D eigenvalue weighted by Crippen LogP contribution is 2.59. The fraction of sp³-hybridized carbons (Fsp3) is 0.444. The van der Waals surface area contributed by atoms with E-state index in [1.165, 1.54) is 10.9 Å². The summed E-state index contributed by atoms with van der Waals surface area (Å²) in [7, 11) is 0. The lowest BCUT2D eigenvalue weighted by Crippen LogP contribution is -2.74. The minimum atomic E-state index is -0.740. The van der Waals surface area contributed by atoms with Gasteiger partial charge in [0, 0.05) is 73.2 Å². The van der Waals surface area contributed by atoms with Crippen LogP contribution < -0.4 is 20.5 Å². The first kappa shape index (κ1) is 38.7. The molecule has 4 fully saturated rings. The highest BCUT2D eigenvalue weighted by molar-refractivity contribution is 6.31. The maximum Gasteiger partial charge on any atom is 0.261 e. The van der Waals surface area contributed by atoms with Gasteiger partial charge in [-0.05, 0) is 67.6 Å². The standard InChI is InChI=1S/C45H45ClN8O5/c1-44(2)42(45(3,4)43(44)59-31-10-6-27(23-47)34(46)22-31)53-24-36-33(40(53)57)11-8-28(49-36)7-5-26-19-30(20-26)52-17-15-51(16-18-52)29-9-12-32-35(21-29)48-25-54(41(32)58)37-13-14-38(55)50-39(37)56/h6,8-12,21-22,25-26,30,37,42-43H,13-20,24H2,1-4H3,(H,50,55,56). The highest BCUT2D eigenvalue weighted by Gasteiger charge is 2.67. The molecule has 2 saturated heterocycles. The molecule has 5 aliphatic rings. The molecule has 1 atom stereocenters. The molecule has 0 radical (unpaired) electrons. The number of aromatic nitrogens is 3. The van der Waals surface area contributed by atoms with Crippen molar-refractivity contribution in [1.29, 1.82) is 5.26 Å². The van der Waals surface area contributed by atoms with E-state index in [4.69, 9.17) is 21.3 Å². The number of piperidine rings is 1. The second-order valence-corrected chi connectivity index (χ2v) is 18.1. The molecule has 59 heavy (non-hydrogen) atoms. The second kappa shape index (κ2) is 14.5. The van der Waals surface area contributed by atoms with Crippen molar-refractivity contribution in [2.45, 2.75) is 84.2 Å². The second-order valence-electron chi connectivity index (χ2n) is 17.7. The van der Waals surface area contributed by atoms with Crippen LogP contribution in [0.5, 0.6) is 5.75 Å². The summed E-state index contributed by atoms with van der Waals surface area (Å²) in [5, 5.41) is 12.4. The minimum Gasteiger partial charge on any atom is -0.489 e. The first-order chi connectivity index (χ1) is 28.2. The van der Waals surface area contributed by atoms with Gasteiger partial charge in [0.05, 0.1) is 45.6 Å². The van der Waals surface area contributed by atoms with Gasteiger partial charge in [0.15, 0.2) is 0 Å². The molecule has 0 bridgehead atoms. The number of nitrogens with one attached hydrogen (secondary N) is 1. The Labute approximate surface area is 347 Å². The third-order valence-electron chi connectivity index (χ3n) is 13.2. The highest BCUT2D eigenvalue weighted by atomic mass is 35.5. The summed E-state index contributed by atoms with van der Waals surface area (Å²) in [5.41, 5.74) is 3.05. The van der Waals surface area contributed by atoms with Gasteiger partial charge in [-0.2, -0.15) is 5.26 Å². The first-order valence-corrected chi connectivity index (χ1v) is 20.6. The molecule has 2 saturated carbocycles. The van der Waals surface area contributed by atoms with E-state index in [2.05, 4.69) is 65.7 Å². The molecular weight excluding hydrogens is 768 g/mol. The zero-order valence-electron chi connectivity index (χ0n) is 33.5. The molecule has 13 nitrogen and oxygen atoms in total. The molecule has 3 amide bonds. The van der Waals surface area contributed by atoms with Crippen molar-refractivity contribution in [2.24, 2.45) is 16.7 Å². The topological polar surface area (TPSA) is 154 Å². The Morgan fingerprint density at radius 1 is 0.949 bits per heavy atom. The van der Waals surface area contributed by atoms with E-state index in [0.29, 0.717) is 57.0 Å². The predicted molar refractivity (Wildman–Crippen MR) is 221 cm³/mol. The van der Waals surface area contributed by atoms with Crippen molar-refractivity contribution in [1.82, 2.24) is 29.7 Å². The molecule has 5 heterocycles. The fourth-order valence-electron chi connectivity index (χ4n) is 10.5. The molecule has 3 aliphatic heterocycles. The number of nitriles is 1. The average Bonchev–Trinajstić information content (AvgIpc) is 3.50. The number of pyridine rings is 1. The molecule has 2 aromatic carbocycles. The molecule has 0 spiro atoms. The van der Waals surface area contributed by atoms with Gasteiger partial charge in [-0.1, -0.05) is 45.2 Å². The minimum absolute atomic E-state index is 0.0199. The molecule has 14 heteroatoms. The average molecular weight is 813 g/mol. The van der Waals surface area contributed by atoms with Crippen LogP contribution in [0.1, 0.15) is 86.7 Å². The van der Waals surface area contributed by atoms with Gasteiger partial charge in [0.2, 0.25) is 11.8 Å². The quantitative estimate of drug-likeness (QED) is 0.206. The maximum atomic E-state index is 13.8. The van der Waals surface area contributed by atoms with Crippen molar-refractivity contribution in [3.05, 3.63) is 92.7 Å². The molecule has 2 aliphatic carbocycles. The van der Waals surface area contributed by atoms with E-state index in [1.807, 2.05) is 29.2 Å². The Balaban J connectivity index is 0.779. The van der Waals surface area contributed by atoms with Gasteiger partial charge in [-0.15, -0.1) is 0 Å². The first-order valence-electron chi connectivity index (χ1n) is 20.2. The van der Waals surface area contributed by atoms with E-state index < -0.39 is 11.9 Å². The Hall–Kier alpha value is -5.76. The Morgan fingerprint density at radius 2 is 1.71 bits per heavy atom. The Morgan fingerprint density at radius 3 is 2.42 bits per heavy atom.